The van der Waals surface area contributed by atoms with Gasteiger partial charge in [0.2, 0.25) is 0 Å². The van der Waals surface area contributed by atoms with E-state index >= 15 is 0 Å². The van der Waals surface area contributed by atoms with Crippen LogP contribution in [0.1, 0.15) is 325 Å². The molecule has 17 nitrogen and oxygen atoms in total. The minimum atomic E-state index is -4.96. The van der Waals surface area contributed by atoms with Gasteiger partial charge in [0.25, 0.3) is 0 Å². The fraction of sp³-hybridized carbons (Fsp3) is 0.886. The molecule has 0 aliphatic heterocycles. The second kappa shape index (κ2) is 60.5. The van der Waals surface area contributed by atoms with Crippen LogP contribution in [0.25, 0.3) is 0 Å². The molecule has 3 unspecified atom stereocenters. The summed E-state index contributed by atoms with van der Waals surface area (Å²) in [5, 5.41) is 10.6. The molecule has 0 aromatic heterocycles. The molecule has 0 aromatic carbocycles. The van der Waals surface area contributed by atoms with Crippen LogP contribution in [0, 0.1) is 17.8 Å². The quantitative estimate of drug-likeness (QED) is 0.0169. The van der Waals surface area contributed by atoms with Crippen molar-refractivity contribution in [2.75, 3.05) is 39.6 Å². The van der Waals surface area contributed by atoms with E-state index in [0.29, 0.717) is 37.5 Å². The van der Waals surface area contributed by atoms with Crippen LogP contribution < -0.4 is 0 Å². The first kappa shape index (κ1) is 86.5. The summed E-state index contributed by atoms with van der Waals surface area (Å²) in [5.41, 5.74) is 0. The Morgan fingerprint density at radius 3 is 0.910 bits per heavy atom. The van der Waals surface area contributed by atoms with Crippen molar-refractivity contribution in [3.63, 3.8) is 0 Å². The molecule has 0 saturated carbocycles. The van der Waals surface area contributed by atoms with Crippen LogP contribution in [0.4, 0.5) is 0 Å². The Morgan fingerprint density at radius 2 is 0.607 bits per heavy atom. The van der Waals surface area contributed by atoms with Gasteiger partial charge >= 0.3 is 39.5 Å². The van der Waals surface area contributed by atoms with Crippen molar-refractivity contribution in [3.8, 4) is 0 Å². The monoisotopic (exact) mass is 1310 g/mol. The third-order valence-corrected chi connectivity index (χ3v) is 17.4. The van der Waals surface area contributed by atoms with Gasteiger partial charge in [-0.05, 0) is 69.1 Å². The van der Waals surface area contributed by atoms with Gasteiger partial charge in [0.05, 0.1) is 26.4 Å². The normalized spacial score (nSPS) is 14.4. The molecule has 0 fully saturated rings. The van der Waals surface area contributed by atoms with E-state index in [0.717, 1.165) is 115 Å². The topological polar surface area (TPSA) is 237 Å². The fourth-order valence-corrected chi connectivity index (χ4v) is 11.6. The number of ether oxygens (including phenoxy) is 4. The average Bonchev–Trinajstić information content (AvgIpc) is 3.57. The number of carbonyl (C=O) groups is 4. The Bertz CT molecular complexity index is 1840. The Kier molecular flexibility index (Phi) is 58.8. The first-order valence-electron chi connectivity index (χ1n) is 35.7. The number of aliphatic hydroxyl groups excluding tert-OH is 1. The fourth-order valence-electron chi connectivity index (χ4n) is 10.0. The Labute approximate surface area is 542 Å². The van der Waals surface area contributed by atoms with Crippen LogP contribution >= 0.6 is 15.6 Å². The number of hydrogen-bond donors (Lipinski definition) is 3. The number of carbonyl (C=O) groups excluding carboxylic acids is 4. The summed E-state index contributed by atoms with van der Waals surface area (Å²) in [6.45, 7) is 11.6. The SMILES string of the molecule is CCCCCC/C=C\C=C/CCCCCCCC(=O)O[C@H](COC(=O)CCCCCCCCCC(C)C)COP(=O)(O)OCC(O)COP(=O)(O)OC[C@@H](COC(=O)CCCCCCCCCCCCCCC(C)C)OC(=O)CCCCCCCCC(C)C. The smallest absolute Gasteiger partial charge is 0.462 e. The highest BCUT2D eigenvalue weighted by molar-refractivity contribution is 7.47. The highest BCUT2D eigenvalue weighted by Crippen LogP contribution is 2.45. The van der Waals surface area contributed by atoms with Crippen molar-refractivity contribution in [1.82, 2.24) is 0 Å². The molecule has 0 aliphatic carbocycles. The molecule has 0 aliphatic rings. The van der Waals surface area contributed by atoms with E-state index < -0.39 is 97.5 Å². The van der Waals surface area contributed by atoms with Crippen molar-refractivity contribution in [2.45, 2.75) is 343 Å². The maximum Gasteiger partial charge on any atom is 0.472 e. The van der Waals surface area contributed by atoms with Gasteiger partial charge in [-0.25, -0.2) is 9.13 Å². The molecule has 5 atom stereocenters. The number of phosphoric ester groups is 2. The van der Waals surface area contributed by atoms with Crippen LogP contribution in [-0.4, -0.2) is 96.7 Å². The molecule has 3 N–H and O–H groups in total. The molecule has 0 spiro atoms. The standard InChI is InChI=1S/C70H132O17P2/c1-8-9-10-11-12-13-14-15-16-17-22-25-30-39-46-53-69(74)86-65(57-81-68(73)52-45-38-31-26-28-35-42-49-62(4)5)59-84-88(76,77)82-55-64(71)56-83-89(78,79)85-60-66(87-70(75)54-47-40-33-32-36-43-50-63(6)7)58-80-67(72)51-44-37-29-24-21-19-18-20-23-27-34-41-48-61(2)3/h13-16,61-66,71H,8-12,17-60H2,1-7H3,(H,76,77)(H,78,79)/b14-13-,16-15-/t64?,65-,66-/m1/s1. The lowest BCUT2D eigenvalue weighted by Gasteiger charge is -2.21. The number of rotatable bonds is 66. The zero-order valence-electron chi connectivity index (χ0n) is 57.4. The third kappa shape index (κ3) is 64.1. The van der Waals surface area contributed by atoms with Gasteiger partial charge in [-0.15, -0.1) is 0 Å². The van der Waals surface area contributed by atoms with Crippen molar-refractivity contribution < 1.29 is 80.2 Å². The lowest BCUT2D eigenvalue weighted by Crippen LogP contribution is -2.30. The van der Waals surface area contributed by atoms with Crippen molar-refractivity contribution in [2.24, 2.45) is 17.8 Å². The molecule has 0 saturated heterocycles. The van der Waals surface area contributed by atoms with Gasteiger partial charge in [0.1, 0.15) is 19.3 Å². The van der Waals surface area contributed by atoms with E-state index in [9.17, 15) is 43.2 Å². The first-order chi connectivity index (χ1) is 42.7. The first-order valence-corrected chi connectivity index (χ1v) is 38.7. The highest BCUT2D eigenvalue weighted by Gasteiger charge is 2.30. The zero-order valence-corrected chi connectivity index (χ0v) is 59.2. The summed E-state index contributed by atoms with van der Waals surface area (Å²) >= 11 is 0. The van der Waals surface area contributed by atoms with E-state index in [2.05, 4.69) is 72.8 Å². The number of phosphoric acid groups is 2. The maximum absolute atomic E-state index is 13.0. The number of unbranched alkanes of at least 4 members (excludes halogenated alkanes) is 31. The molecule has 19 heteroatoms. The van der Waals surface area contributed by atoms with Crippen molar-refractivity contribution in [1.29, 1.82) is 0 Å². The Hall–Kier alpha value is -2.46. The molecule has 0 radical (unpaired) electrons. The van der Waals surface area contributed by atoms with Crippen LogP contribution in [-0.2, 0) is 65.4 Å². The van der Waals surface area contributed by atoms with Crippen LogP contribution in [0.15, 0.2) is 24.3 Å². The van der Waals surface area contributed by atoms with Crippen LogP contribution in [0.3, 0.4) is 0 Å². The minimum absolute atomic E-state index is 0.0836. The summed E-state index contributed by atoms with van der Waals surface area (Å²) in [7, 11) is -9.91. The van der Waals surface area contributed by atoms with Crippen LogP contribution in [0.2, 0.25) is 0 Å². The Morgan fingerprint density at radius 1 is 0.348 bits per heavy atom. The van der Waals surface area contributed by atoms with E-state index in [1.54, 1.807) is 0 Å². The molecule has 0 rings (SSSR count). The van der Waals surface area contributed by atoms with Crippen LogP contribution in [0.5, 0.6) is 0 Å². The molecule has 0 bridgehead atoms. The van der Waals surface area contributed by atoms with E-state index in [-0.39, 0.29) is 25.7 Å². The van der Waals surface area contributed by atoms with Gasteiger partial charge in [0, 0.05) is 25.7 Å². The minimum Gasteiger partial charge on any atom is -0.462 e. The van der Waals surface area contributed by atoms with Gasteiger partial charge in [-0.2, -0.15) is 0 Å². The van der Waals surface area contributed by atoms with Gasteiger partial charge < -0.3 is 33.8 Å². The molecule has 0 aromatic rings. The maximum atomic E-state index is 13.0. The lowest BCUT2D eigenvalue weighted by molar-refractivity contribution is -0.161. The molecular weight excluding hydrogens is 1170 g/mol. The second-order valence-corrected chi connectivity index (χ2v) is 28.9. The zero-order chi connectivity index (χ0) is 65.9. The number of hydrogen-bond acceptors (Lipinski definition) is 15. The largest absolute Gasteiger partial charge is 0.472 e. The molecule has 524 valence electrons. The van der Waals surface area contributed by atoms with Crippen molar-refractivity contribution in [3.05, 3.63) is 24.3 Å². The predicted octanol–water partition coefficient (Wildman–Crippen LogP) is 19.4. The predicted molar refractivity (Wildman–Crippen MR) is 358 cm³/mol. The number of esters is 4. The van der Waals surface area contributed by atoms with Gasteiger partial charge in [-0.3, -0.25) is 37.3 Å². The highest BCUT2D eigenvalue weighted by atomic mass is 31.2. The number of allylic oxidation sites excluding steroid dienone is 4. The summed E-state index contributed by atoms with van der Waals surface area (Å²) < 4.78 is 68.2. The second-order valence-electron chi connectivity index (χ2n) is 26.0. The van der Waals surface area contributed by atoms with E-state index in [4.69, 9.17) is 37.0 Å². The number of aliphatic hydroxyl groups is 1. The lowest BCUT2D eigenvalue weighted by atomic mass is 10.0. The summed E-state index contributed by atoms with van der Waals surface area (Å²) in [4.78, 5) is 72.4. The summed E-state index contributed by atoms with van der Waals surface area (Å²) in [6.07, 6.45) is 46.9. The molecule has 89 heavy (non-hydrogen) atoms. The summed E-state index contributed by atoms with van der Waals surface area (Å²) in [6, 6.07) is 0. The summed E-state index contributed by atoms with van der Waals surface area (Å²) in [5.74, 6) is -0.0129. The van der Waals surface area contributed by atoms with Crippen molar-refractivity contribution >= 4 is 39.5 Å². The van der Waals surface area contributed by atoms with Gasteiger partial charge in [0.15, 0.2) is 12.2 Å². The molecular formula is C70H132O17P2. The molecule has 0 heterocycles. The average molecular weight is 1310 g/mol. The van der Waals surface area contributed by atoms with Gasteiger partial charge in [-0.1, -0.05) is 272 Å². The Balaban J connectivity index is 5.24. The van der Waals surface area contributed by atoms with E-state index in [1.165, 1.54) is 116 Å². The third-order valence-electron chi connectivity index (χ3n) is 15.5. The van der Waals surface area contributed by atoms with E-state index in [1.807, 2.05) is 0 Å². The molecule has 0 amide bonds.